The Morgan fingerprint density at radius 1 is 1.54 bits per heavy atom. The van der Waals surface area contributed by atoms with Crippen molar-refractivity contribution in [3.8, 4) is 5.75 Å². The van der Waals surface area contributed by atoms with Gasteiger partial charge in [-0.15, -0.1) is 0 Å². The second-order valence-electron chi connectivity index (χ2n) is 2.53. The zero-order chi connectivity index (χ0) is 9.84. The van der Waals surface area contributed by atoms with Gasteiger partial charge in [0.1, 0.15) is 0 Å². The summed E-state index contributed by atoms with van der Waals surface area (Å²) >= 11 is 0. The third kappa shape index (κ3) is 2.43. The van der Waals surface area contributed by atoms with Crippen molar-refractivity contribution in [2.75, 3.05) is 0 Å². The number of rotatable bonds is 3. The maximum absolute atomic E-state index is 12.9. The van der Waals surface area contributed by atoms with E-state index in [0.29, 0.717) is 0 Å². The zero-order valence-corrected chi connectivity index (χ0v) is 7.03. The molecular weight excluding hydrogens is 175 g/mol. The van der Waals surface area contributed by atoms with Crippen LogP contribution in [0.15, 0.2) is 24.3 Å². The van der Waals surface area contributed by atoms with Gasteiger partial charge in [0, 0.05) is 0 Å². The highest BCUT2D eigenvalue weighted by Gasteiger charge is 2.13. The predicted molar refractivity (Wildman–Crippen MR) is 44.1 cm³/mol. The Bertz CT molecular complexity index is 311. The molecule has 0 aliphatic rings. The first kappa shape index (κ1) is 9.51. The van der Waals surface area contributed by atoms with Gasteiger partial charge in [-0.25, -0.2) is 9.18 Å². The van der Waals surface area contributed by atoms with Crippen molar-refractivity contribution in [2.24, 2.45) is 0 Å². The number of benzene rings is 1. The van der Waals surface area contributed by atoms with E-state index < -0.39 is 17.9 Å². The lowest BCUT2D eigenvalue weighted by molar-refractivity contribution is -0.144. The van der Waals surface area contributed by atoms with Gasteiger partial charge < -0.3 is 9.84 Å². The van der Waals surface area contributed by atoms with Crippen molar-refractivity contribution >= 4 is 5.97 Å². The van der Waals surface area contributed by atoms with E-state index in [1.165, 1.54) is 25.1 Å². The number of carboxylic acids is 1. The molecule has 1 rings (SSSR count). The maximum Gasteiger partial charge on any atom is 0.344 e. The number of carboxylic acid groups (broad SMARTS) is 1. The van der Waals surface area contributed by atoms with Crippen LogP contribution in [0.25, 0.3) is 0 Å². The molecule has 1 N–H and O–H groups in total. The van der Waals surface area contributed by atoms with Gasteiger partial charge >= 0.3 is 5.97 Å². The molecule has 3 nitrogen and oxygen atoms in total. The van der Waals surface area contributed by atoms with E-state index in [2.05, 4.69) is 0 Å². The topological polar surface area (TPSA) is 46.5 Å². The lowest BCUT2D eigenvalue weighted by Gasteiger charge is -2.10. The van der Waals surface area contributed by atoms with Crippen molar-refractivity contribution in [1.82, 2.24) is 0 Å². The van der Waals surface area contributed by atoms with E-state index in [4.69, 9.17) is 9.84 Å². The molecule has 13 heavy (non-hydrogen) atoms. The van der Waals surface area contributed by atoms with Crippen LogP contribution >= 0.6 is 0 Å². The SMILES string of the molecule is C[C@@H](Oc1ccccc1F)C(=O)O. The van der Waals surface area contributed by atoms with Gasteiger partial charge in [0.05, 0.1) is 0 Å². The summed E-state index contributed by atoms with van der Waals surface area (Å²) in [7, 11) is 0. The molecule has 0 fully saturated rings. The second kappa shape index (κ2) is 3.89. The van der Waals surface area contributed by atoms with Crippen LogP contribution in [0.2, 0.25) is 0 Å². The summed E-state index contributed by atoms with van der Waals surface area (Å²) in [5.74, 6) is -1.73. The molecule has 4 heteroatoms. The lowest BCUT2D eigenvalue weighted by atomic mass is 10.3. The fourth-order valence-electron chi connectivity index (χ4n) is 0.781. The number of para-hydroxylation sites is 1. The van der Waals surface area contributed by atoms with E-state index in [9.17, 15) is 9.18 Å². The molecule has 0 heterocycles. The molecule has 70 valence electrons. The predicted octanol–water partition coefficient (Wildman–Crippen LogP) is 1.68. The molecule has 0 bridgehead atoms. The smallest absolute Gasteiger partial charge is 0.344 e. The summed E-state index contributed by atoms with van der Waals surface area (Å²) in [4.78, 5) is 10.4. The average molecular weight is 184 g/mol. The van der Waals surface area contributed by atoms with E-state index in [1.807, 2.05) is 0 Å². The molecule has 1 aromatic rings. The largest absolute Gasteiger partial charge is 0.479 e. The fourth-order valence-corrected chi connectivity index (χ4v) is 0.781. The summed E-state index contributed by atoms with van der Waals surface area (Å²) in [5, 5.41) is 8.49. The van der Waals surface area contributed by atoms with E-state index >= 15 is 0 Å². The highest BCUT2D eigenvalue weighted by molar-refractivity contribution is 5.72. The lowest BCUT2D eigenvalue weighted by Crippen LogP contribution is -2.23. The van der Waals surface area contributed by atoms with Crippen LogP contribution in [-0.4, -0.2) is 17.2 Å². The normalized spacial score (nSPS) is 12.2. The molecular formula is C9H9FO3. The first-order valence-electron chi connectivity index (χ1n) is 3.75. The van der Waals surface area contributed by atoms with Gasteiger partial charge in [-0.1, -0.05) is 12.1 Å². The van der Waals surface area contributed by atoms with Gasteiger partial charge in [-0.05, 0) is 19.1 Å². The Balaban J connectivity index is 2.74. The fraction of sp³-hybridized carbons (Fsp3) is 0.222. The molecule has 1 atom stereocenters. The Labute approximate surface area is 74.8 Å². The van der Waals surface area contributed by atoms with Gasteiger partial charge in [-0.3, -0.25) is 0 Å². The average Bonchev–Trinajstić information content (AvgIpc) is 2.08. The quantitative estimate of drug-likeness (QED) is 0.777. The number of carbonyl (C=O) groups is 1. The van der Waals surface area contributed by atoms with Gasteiger partial charge in [0.2, 0.25) is 0 Å². The van der Waals surface area contributed by atoms with Crippen LogP contribution in [0.5, 0.6) is 5.75 Å². The maximum atomic E-state index is 12.9. The van der Waals surface area contributed by atoms with Crippen molar-refractivity contribution in [2.45, 2.75) is 13.0 Å². The van der Waals surface area contributed by atoms with Gasteiger partial charge in [-0.2, -0.15) is 0 Å². The monoisotopic (exact) mass is 184 g/mol. The first-order chi connectivity index (χ1) is 6.11. The standard InChI is InChI=1S/C9H9FO3/c1-6(9(11)12)13-8-5-3-2-4-7(8)10/h2-6H,1H3,(H,11,12)/t6-/m1/s1. The molecule has 0 aliphatic carbocycles. The third-order valence-electron chi connectivity index (χ3n) is 1.49. The molecule has 0 saturated heterocycles. The molecule has 0 radical (unpaired) electrons. The van der Waals surface area contributed by atoms with Crippen LogP contribution in [-0.2, 0) is 4.79 Å². The van der Waals surface area contributed by atoms with Crippen LogP contribution < -0.4 is 4.74 Å². The van der Waals surface area contributed by atoms with Crippen LogP contribution in [0.1, 0.15) is 6.92 Å². The first-order valence-corrected chi connectivity index (χ1v) is 3.75. The van der Waals surface area contributed by atoms with Crippen LogP contribution in [0.4, 0.5) is 4.39 Å². The van der Waals surface area contributed by atoms with Crippen molar-refractivity contribution in [3.05, 3.63) is 30.1 Å². The summed E-state index contributed by atoms with van der Waals surface area (Å²) in [5.41, 5.74) is 0. The highest BCUT2D eigenvalue weighted by Crippen LogP contribution is 2.16. The zero-order valence-electron chi connectivity index (χ0n) is 7.03. The van der Waals surface area contributed by atoms with Crippen molar-refractivity contribution in [3.63, 3.8) is 0 Å². The van der Waals surface area contributed by atoms with Crippen molar-refractivity contribution < 1.29 is 19.0 Å². The third-order valence-corrected chi connectivity index (χ3v) is 1.49. The van der Waals surface area contributed by atoms with Gasteiger partial charge in [0.25, 0.3) is 0 Å². The minimum Gasteiger partial charge on any atom is -0.479 e. The number of hydrogen-bond donors (Lipinski definition) is 1. The summed E-state index contributed by atoms with van der Waals surface area (Å²) < 4.78 is 17.7. The molecule has 0 aromatic heterocycles. The molecule has 0 saturated carbocycles. The number of halogens is 1. The molecule has 0 unspecified atom stereocenters. The summed E-state index contributed by atoms with van der Waals surface area (Å²) in [6.07, 6.45) is -1.04. The van der Waals surface area contributed by atoms with Gasteiger partial charge in [0.15, 0.2) is 17.7 Å². The van der Waals surface area contributed by atoms with Crippen LogP contribution in [0, 0.1) is 5.82 Å². The Morgan fingerprint density at radius 2 is 2.15 bits per heavy atom. The Morgan fingerprint density at radius 3 is 2.69 bits per heavy atom. The van der Waals surface area contributed by atoms with Crippen LogP contribution in [0.3, 0.4) is 0 Å². The number of hydrogen-bond acceptors (Lipinski definition) is 2. The highest BCUT2D eigenvalue weighted by atomic mass is 19.1. The molecule has 0 aliphatic heterocycles. The van der Waals surface area contributed by atoms with E-state index in [-0.39, 0.29) is 5.75 Å². The Hall–Kier alpha value is -1.58. The molecule has 0 spiro atoms. The number of ether oxygens (including phenoxy) is 1. The van der Waals surface area contributed by atoms with E-state index in [1.54, 1.807) is 6.07 Å². The van der Waals surface area contributed by atoms with Crippen molar-refractivity contribution in [1.29, 1.82) is 0 Å². The van der Waals surface area contributed by atoms with E-state index in [0.717, 1.165) is 0 Å². The Kier molecular flexibility index (Phi) is 2.84. The molecule has 0 amide bonds. The molecule has 1 aromatic carbocycles. The summed E-state index contributed by atoms with van der Waals surface area (Å²) in [6.45, 7) is 1.34. The summed E-state index contributed by atoms with van der Waals surface area (Å²) in [6, 6.07) is 5.68. The minimum atomic E-state index is -1.12. The second-order valence-corrected chi connectivity index (χ2v) is 2.53. The number of aliphatic carboxylic acids is 1. The minimum absolute atomic E-state index is 0.0441.